The van der Waals surface area contributed by atoms with Crippen LogP contribution in [0.15, 0.2) is 60.7 Å². The van der Waals surface area contributed by atoms with E-state index in [4.69, 9.17) is 38.9 Å². The van der Waals surface area contributed by atoms with Gasteiger partial charge in [0.1, 0.15) is 23.0 Å². The molecule has 0 heterocycles. The Hall–Kier alpha value is -5.50. The molecule has 0 fully saturated rings. The van der Waals surface area contributed by atoms with Gasteiger partial charge in [0.05, 0.1) is 44.2 Å². The summed E-state index contributed by atoms with van der Waals surface area (Å²) in [6, 6.07) is 20.7. The standard InChI is InChI=1S/C82H129NO7/c1-12-19-22-25-28-31-34-37-40-43-56-84-80-59-70(60-81(85-57-44-41-38-35-32-29-26-23-20-13-2)82(80)86-58-45-42-39-36-33-30-27-24-21-14-3)47-51-72-62-79(90-68(11)18-7)74(64-77(72)88-66(9)16-5)53-52-73-63-76(87-65(8)15-4)71(61-78(73)89-67(10)17-6)50-46-69-48-54-75(83)55-49-69/h46-55,59-68H,12-45,56-58,83H2,1-11H3/b50-46+,51-47+,53-52+/t65-,66-,67-,68-/m0/s1. The lowest BCUT2D eigenvalue weighted by Crippen LogP contribution is -2.13. The molecule has 0 amide bonds. The summed E-state index contributed by atoms with van der Waals surface area (Å²) in [4.78, 5) is 0. The monoisotopic (exact) mass is 1240 g/mol. The van der Waals surface area contributed by atoms with Crippen molar-refractivity contribution in [2.75, 3.05) is 25.6 Å². The first kappa shape index (κ1) is 77.0. The number of rotatable bonds is 54. The van der Waals surface area contributed by atoms with Crippen LogP contribution in [0.3, 0.4) is 0 Å². The zero-order chi connectivity index (χ0) is 64.8. The highest BCUT2D eigenvalue weighted by Gasteiger charge is 2.19. The summed E-state index contributed by atoms with van der Waals surface area (Å²) in [5.74, 6) is 5.39. The molecule has 4 aromatic carbocycles. The molecule has 0 aliphatic rings. The molecular formula is C82H129NO7. The molecule has 0 aliphatic heterocycles. The topological polar surface area (TPSA) is 90.6 Å². The first-order valence-corrected chi connectivity index (χ1v) is 36.9. The van der Waals surface area contributed by atoms with Crippen LogP contribution in [0.4, 0.5) is 5.69 Å². The molecule has 0 saturated heterocycles. The van der Waals surface area contributed by atoms with E-state index in [9.17, 15) is 0 Å². The van der Waals surface area contributed by atoms with Gasteiger partial charge in [0.15, 0.2) is 11.5 Å². The summed E-state index contributed by atoms with van der Waals surface area (Å²) in [6.45, 7) is 25.9. The molecule has 4 atom stereocenters. The number of ether oxygens (including phenoxy) is 7. The van der Waals surface area contributed by atoms with Gasteiger partial charge in [-0.1, -0.05) is 270 Å². The second-order valence-electron chi connectivity index (χ2n) is 25.8. The van der Waals surface area contributed by atoms with Crippen LogP contribution in [0.5, 0.6) is 40.2 Å². The van der Waals surface area contributed by atoms with Gasteiger partial charge in [-0.25, -0.2) is 0 Å². The number of unbranched alkanes of at least 4 members (excludes halogenated alkanes) is 27. The first-order chi connectivity index (χ1) is 43.9. The highest BCUT2D eigenvalue weighted by molar-refractivity contribution is 5.82. The average molecular weight is 1240 g/mol. The zero-order valence-corrected chi connectivity index (χ0v) is 59.1. The highest BCUT2D eigenvalue weighted by Crippen LogP contribution is 2.42. The maximum atomic E-state index is 6.86. The number of nitrogen functional groups attached to an aromatic ring is 1. The lowest BCUT2D eigenvalue weighted by molar-refractivity contribution is 0.210. The van der Waals surface area contributed by atoms with Crippen molar-refractivity contribution in [2.24, 2.45) is 0 Å². The Morgan fingerprint density at radius 1 is 0.289 bits per heavy atom. The van der Waals surface area contributed by atoms with E-state index >= 15 is 0 Å². The Balaban J connectivity index is 1.77. The number of benzene rings is 4. The molecule has 90 heavy (non-hydrogen) atoms. The number of hydrogen-bond acceptors (Lipinski definition) is 8. The quantitative estimate of drug-likeness (QED) is 0.0266. The van der Waals surface area contributed by atoms with Crippen LogP contribution in [0.2, 0.25) is 0 Å². The minimum atomic E-state index is -0.0272. The van der Waals surface area contributed by atoms with Crippen molar-refractivity contribution in [1.82, 2.24) is 0 Å². The van der Waals surface area contributed by atoms with Crippen LogP contribution >= 0.6 is 0 Å². The predicted molar refractivity (Wildman–Crippen MR) is 391 cm³/mol. The third kappa shape index (κ3) is 32.2. The molecule has 0 saturated carbocycles. The number of nitrogens with two attached hydrogens (primary N) is 1. The molecule has 0 radical (unpaired) electrons. The molecule has 4 rings (SSSR count). The molecule has 8 nitrogen and oxygen atoms in total. The summed E-state index contributed by atoms with van der Waals surface area (Å²) in [7, 11) is 0. The molecule has 8 heteroatoms. The third-order valence-electron chi connectivity index (χ3n) is 17.5. The second-order valence-corrected chi connectivity index (χ2v) is 25.8. The summed E-state index contributed by atoms with van der Waals surface area (Å²) in [5.41, 5.74) is 12.5. The maximum Gasteiger partial charge on any atom is 0.203 e. The van der Waals surface area contributed by atoms with Gasteiger partial charge in [0, 0.05) is 27.9 Å². The van der Waals surface area contributed by atoms with E-state index < -0.39 is 0 Å². The van der Waals surface area contributed by atoms with Gasteiger partial charge in [-0.05, 0) is 132 Å². The van der Waals surface area contributed by atoms with Gasteiger partial charge in [-0.15, -0.1) is 0 Å². The first-order valence-electron chi connectivity index (χ1n) is 36.9. The molecule has 2 N–H and O–H groups in total. The van der Waals surface area contributed by atoms with E-state index in [1.54, 1.807) is 0 Å². The molecular weight excluding hydrogens is 1110 g/mol. The average Bonchev–Trinajstić information content (AvgIpc) is 3.26. The van der Waals surface area contributed by atoms with E-state index in [1.807, 2.05) is 24.3 Å². The Morgan fingerprint density at radius 3 is 0.833 bits per heavy atom. The number of anilines is 1. The van der Waals surface area contributed by atoms with Crippen molar-refractivity contribution >= 4 is 42.1 Å². The van der Waals surface area contributed by atoms with Crippen LogP contribution in [0.1, 0.15) is 328 Å². The fourth-order valence-electron chi connectivity index (χ4n) is 10.8. The van der Waals surface area contributed by atoms with Crippen molar-refractivity contribution in [2.45, 2.75) is 319 Å². The van der Waals surface area contributed by atoms with Crippen molar-refractivity contribution in [3.8, 4) is 40.2 Å². The van der Waals surface area contributed by atoms with Crippen LogP contribution < -0.4 is 38.9 Å². The van der Waals surface area contributed by atoms with Gasteiger partial charge in [-0.2, -0.15) is 0 Å². The zero-order valence-electron chi connectivity index (χ0n) is 59.1. The Bertz CT molecular complexity index is 2520. The third-order valence-corrected chi connectivity index (χ3v) is 17.5. The summed E-state index contributed by atoms with van der Waals surface area (Å²) < 4.78 is 47.6. The van der Waals surface area contributed by atoms with Crippen molar-refractivity contribution in [3.05, 3.63) is 94.0 Å². The fraction of sp³-hybridized carbons (Fsp3) is 0.634. The summed E-state index contributed by atoms with van der Waals surface area (Å²) in [5, 5.41) is 0. The largest absolute Gasteiger partial charge is 0.490 e. The summed E-state index contributed by atoms with van der Waals surface area (Å²) >= 11 is 0. The van der Waals surface area contributed by atoms with Crippen LogP contribution in [-0.4, -0.2) is 44.2 Å². The SMILES string of the molecule is CCCCCCCCCCCCOc1cc(/C=C/c2cc(O[C@@H](C)CC)c(/C=C/c3cc(O[C@@H](C)CC)c(/C=C/c4ccc(N)cc4)cc3O[C@@H](C)CC)cc2O[C@@H](C)CC)cc(OCCCCCCCCCCCC)c1OCCCCCCCCCCCC. The van der Waals surface area contributed by atoms with Crippen molar-refractivity contribution < 1.29 is 33.2 Å². The van der Waals surface area contributed by atoms with Gasteiger partial charge in [0.25, 0.3) is 0 Å². The smallest absolute Gasteiger partial charge is 0.203 e. The van der Waals surface area contributed by atoms with Gasteiger partial charge in [-0.3, -0.25) is 0 Å². The van der Waals surface area contributed by atoms with E-state index in [1.165, 1.54) is 154 Å². The maximum absolute atomic E-state index is 6.86. The van der Waals surface area contributed by atoms with Crippen LogP contribution in [0, 0.1) is 0 Å². The van der Waals surface area contributed by atoms with Gasteiger partial charge < -0.3 is 38.9 Å². The summed E-state index contributed by atoms with van der Waals surface area (Å²) in [6.07, 6.45) is 54.5. The number of hydrogen-bond donors (Lipinski definition) is 1. The molecule has 4 aromatic rings. The van der Waals surface area contributed by atoms with Gasteiger partial charge in [0.2, 0.25) is 5.75 Å². The van der Waals surface area contributed by atoms with Crippen LogP contribution in [-0.2, 0) is 0 Å². The lowest BCUT2D eigenvalue weighted by Gasteiger charge is -2.21. The lowest BCUT2D eigenvalue weighted by atomic mass is 10.0. The molecule has 0 aliphatic carbocycles. The fourth-order valence-corrected chi connectivity index (χ4v) is 10.8. The Morgan fingerprint density at radius 2 is 0.544 bits per heavy atom. The van der Waals surface area contributed by atoms with E-state index in [0.717, 1.165) is 144 Å². The second kappa shape index (κ2) is 48.3. The van der Waals surface area contributed by atoms with Crippen LogP contribution in [0.25, 0.3) is 36.5 Å². The van der Waals surface area contributed by atoms with E-state index in [0.29, 0.717) is 19.8 Å². The molecule has 0 spiro atoms. The highest BCUT2D eigenvalue weighted by atomic mass is 16.5. The molecule has 504 valence electrons. The normalized spacial score (nSPS) is 13.1. The minimum Gasteiger partial charge on any atom is -0.490 e. The van der Waals surface area contributed by atoms with Crippen molar-refractivity contribution in [3.63, 3.8) is 0 Å². The Kier molecular flexibility index (Phi) is 41.3. The minimum absolute atomic E-state index is 0.00391. The molecule has 0 aromatic heterocycles. The van der Waals surface area contributed by atoms with E-state index in [-0.39, 0.29) is 24.4 Å². The molecule has 0 unspecified atom stereocenters. The van der Waals surface area contributed by atoms with Gasteiger partial charge >= 0.3 is 0 Å². The Labute approximate surface area is 551 Å². The molecule has 0 bridgehead atoms. The predicted octanol–water partition coefficient (Wildman–Crippen LogP) is 25.4. The van der Waals surface area contributed by atoms with Crippen molar-refractivity contribution in [1.29, 1.82) is 0 Å². The van der Waals surface area contributed by atoms with E-state index in [2.05, 4.69) is 149 Å².